The summed E-state index contributed by atoms with van der Waals surface area (Å²) in [5.74, 6) is 3.73. The molecule has 1 fully saturated rings. The van der Waals surface area contributed by atoms with Crippen molar-refractivity contribution in [3.63, 3.8) is 0 Å². The number of hydrogen-bond donors (Lipinski definition) is 1. The summed E-state index contributed by atoms with van der Waals surface area (Å²) in [6.07, 6.45) is 6.19. The molecule has 2 nitrogen and oxygen atoms in total. The van der Waals surface area contributed by atoms with Crippen LogP contribution < -0.4 is 10.7 Å². The van der Waals surface area contributed by atoms with Gasteiger partial charge in [0.15, 0.2) is 11.6 Å². The monoisotopic (exact) mass is 281 g/mol. The van der Waals surface area contributed by atoms with Crippen molar-refractivity contribution in [1.82, 2.24) is 0 Å². The van der Waals surface area contributed by atoms with Crippen LogP contribution in [0, 0.1) is 23.5 Å². The molecule has 0 aliphatic heterocycles. The summed E-state index contributed by atoms with van der Waals surface area (Å²) in [5.41, 5.74) is 0.408. The normalized spacial score (nSPS) is 24.2. The average Bonchev–Trinajstić information content (AvgIpc) is 2.49. The van der Waals surface area contributed by atoms with Crippen molar-refractivity contribution in [2.75, 3.05) is 0 Å². The zero-order chi connectivity index (χ0) is 14.7. The summed E-state index contributed by atoms with van der Waals surface area (Å²) in [5, 5.41) is 0. The van der Waals surface area contributed by atoms with E-state index in [1.165, 1.54) is 6.07 Å². The van der Waals surface area contributed by atoms with E-state index in [0.29, 0.717) is 17.4 Å². The predicted molar refractivity (Wildman–Crippen MR) is 75.2 cm³/mol. The number of halogens is 2. The molecular weight excluding hydrogens is 260 g/mol. The van der Waals surface area contributed by atoms with Crippen molar-refractivity contribution in [3.8, 4) is 5.75 Å². The number of nitrogens with two attached hydrogens (primary N) is 1. The minimum absolute atomic E-state index is 0.0120. The molecule has 20 heavy (non-hydrogen) atoms. The van der Waals surface area contributed by atoms with E-state index in [2.05, 4.69) is 11.4 Å². The van der Waals surface area contributed by atoms with E-state index < -0.39 is 11.6 Å². The summed E-state index contributed by atoms with van der Waals surface area (Å²) >= 11 is 0. The lowest BCUT2D eigenvalue weighted by Gasteiger charge is -2.31. The molecule has 4 heteroatoms. The molecule has 1 saturated carbocycles. The van der Waals surface area contributed by atoms with Gasteiger partial charge in [0.25, 0.3) is 0 Å². The topological polar surface area (TPSA) is 35.2 Å². The Morgan fingerprint density at radius 3 is 2.45 bits per heavy atom. The lowest BCUT2D eigenvalue weighted by molar-refractivity contribution is 0.271. The molecule has 1 aromatic rings. The SMILES string of the molecule is C=CC1CCC(C(C)c2ccc(ON)c(F)c2F)CC1. The molecule has 0 aromatic heterocycles. The lowest BCUT2D eigenvalue weighted by Crippen LogP contribution is -2.19. The minimum atomic E-state index is -1.00. The Bertz CT molecular complexity index is 482. The third kappa shape index (κ3) is 2.85. The maximum absolute atomic E-state index is 14.1. The zero-order valence-electron chi connectivity index (χ0n) is 11.7. The smallest absolute Gasteiger partial charge is 0.203 e. The highest BCUT2D eigenvalue weighted by Crippen LogP contribution is 2.40. The molecule has 2 N–H and O–H groups in total. The first-order chi connectivity index (χ1) is 9.58. The fourth-order valence-corrected chi connectivity index (χ4v) is 3.12. The van der Waals surface area contributed by atoms with Gasteiger partial charge in [-0.2, -0.15) is 10.3 Å². The van der Waals surface area contributed by atoms with E-state index in [1.807, 2.05) is 13.0 Å². The molecule has 1 aromatic carbocycles. The van der Waals surface area contributed by atoms with Crippen LogP contribution in [0.4, 0.5) is 8.78 Å². The maximum Gasteiger partial charge on any atom is 0.203 e. The third-order valence-electron chi connectivity index (χ3n) is 4.55. The number of rotatable bonds is 4. The van der Waals surface area contributed by atoms with Crippen LogP contribution in [-0.4, -0.2) is 0 Å². The van der Waals surface area contributed by atoms with E-state index in [0.717, 1.165) is 25.7 Å². The average molecular weight is 281 g/mol. The van der Waals surface area contributed by atoms with Gasteiger partial charge in [-0.3, -0.25) is 0 Å². The van der Waals surface area contributed by atoms with Gasteiger partial charge in [0.05, 0.1) is 0 Å². The molecule has 1 aliphatic rings. The predicted octanol–water partition coefficient (Wildman–Crippen LogP) is 4.31. The number of benzene rings is 1. The molecular formula is C16H21F2NO. The number of hydrogen-bond acceptors (Lipinski definition) is 2. The fraction of sp³-hybridized carbons (Fsp3) is 0.500. The van der Waals surface area contributed by atoms with Crippen LogP contribution in [0.25, 0.3) is 0 Å². The Labute approximate surface area is 118 Å². The fourth-order valence-electron chi connectivity index (χ4n) is 3.12. The highest BCUT2D eigenvalue weighted by Gasteiger charge is 2.28. The van der Waals surface area contributed by atoms with Crippen molar-refractivity contribution in [2.45, 2.75) is 38.5 Å². The van der Waals surface area contributed by atoms with Crippen LogP contribution in [0.15, 0.2) is 24.8 Å². The van der Waals surface area contributed by atoms with Gasteiger partial charge in [-0.1, -0.05) is 19.1 Å². The Kier molecular flexibility index (Phi) is 4.76. The Hall–Kier alpha value is -1.42. The van der Waals surface area contributed by atoms with Gasteiger partial charge in [-0.15, -0.1) is 6.58 Å². The van der Waals surface area contributed by atoms with E-state index in [4.69, 9.17) is 5.90 Å². The number of allylic oxidation sites excluding steroid dienone is 1. The molecule has 2 rings (SSSR count). The van der Waals surface area contributed by atoms with Gasteiger partial charge < -0.3 is 4.84 Å². The molecule has 0 radical (unpaired) electrons. The second-order valence-electron chi connectivity index (χ2n) is 5.60. The molecule has 0 bridgehead atoms. The van der Waals surface area contributed by atoms with Crippen LogP contribution in [0.2, 0.25) is 0 Å². The summed E-state index contributed by atoms with van der Waals surface area (Å²) in [6, 6.07) is 2.96. The molecule has 1 atom stereocenters. The summed E-state index contributed by atoms with van der Waals surface area (Å²) in [6.45, 7) is 5.78. The molecule has 0 spiro atoms. The second-order valence-corrected chi connectivity index (χ2v) is 5.60. The molecule has 110 valence electrons. The molecule has 1 aliphatic carbocycles. The Balaban J connectivity index is 2.15. The third-order valence-corrected chi connectivity index (χ3v) is 4.55. The van der Waals surface area contributed by atoms with Crippen molar-refractivity contribution >= 4 is 0 Å². The van der Waals surface area contributed by atoms with Crippen LogP contribution in [0.1, 0.15) is 44.1 Å². The van der Waals surface area contributed by atoms with E-state index >= 15 is 0 Å². The minimum Gasteiger partial charge on any atom is -0.408 e. The van der Waals surface area contributed by atoms with Crippen molar-refractivity contribution < 1.29 is 13.6 Å². The van der Waals surface area contributed by atoms with Gasteiger partial charge in [-0.05, 0) is 55.1 Å². The summed E-state index contributed by atoms with van der Waals surface area (Å²) < 4.78 is 27.8. The molecule has 0 amide bonds. The largest absolute Gasteiger partial charge is 0.408 e. The van der Waals surface area contributed by atoms with E-state index in [1.54, 1.807) is 6.07 Å². The molecule has 1 unspecified atom stereocenters. The highest BCUT2D eigenvalue weighted by molar-refractivity contribution is 5.33. The van der Waals surface area contributed by atoms with Crippen LogP contribution >= 0.6 is 0 Å². The van der Waals surface area contributed by atoms with Crippen molar-refractivity contribution in [2.24, 2.45) is 17.7 Å². The molecule has 0 heterocycles. The standard InChI is InChI=1S/C16H21F2NO/c1-3-11-4-6-12(7-5-11)10(2)13-8-9-14(20-19)16(18)15(13)17/h3,8-12H,1,4-7,19H2,2H3. The first kappa shape index (κ1) is 15.0. The van der Waals surface area contributed by atoms with Gasteiger partial charge in [0.2, 0.25) is 5.82 Å². The summed E-state index contributed by atoms with van der Waals surface area (Å²) in [7, 11) is 0. The van der Waals surface area contributed by atoms with Gasteiger partial charge in [0, 0.05) is 0 Å². The Morgan fingerprint density at radius 2 is 1.90 bits per heavy atom. The first-order valence-electron chi connectivity index (χ1n) is 7.05. The van der Waals surface area contributed by atoms with Gasteiger partial charge in [0.1, 0.15) is 0 Å². The van der Waals surface area contributed by atoms with Gasteiger partial charge in [-0.25, -0.2) is 4.39 Å². The quantitative estimate of drug-likeness (QED) is 0.659. The first-order valence-corrected chi connectivity index (χ1v) is 7.05. The van der Waals surface area contributed by atoms with Crippen molar-refractivity contribution in [3.05, 3.63) is 42.0 Å². The van der Waals surface area contributed by atoms with Crippen LogP contribution in [0.3, 0.4) is 0 Å². The summed E-state index contributed by atoms with van der Waals surface area (Å²) in [4.78, 5) is 4.31. The van der Waals surface area contributed by atoms with E-state index in [9.17, 15) is 8.78 Å². The maximum atomic E-state index is 14.1. The lowest BCUT2D eigenvalue weighted by atomic mass is 9.74. The van der Waals surface area contributed by atoms with Crippen LogP contribution in [-0.2, 0) is 0 Å². The second kappa shape index (κ2) is 6.35. The van der Waals surface area contributed by atoms with Crippen molar-refractivity contribution in [1.29, 1.82) is 0 Å². The molecule has 0 saturated heterocycles. The Morgan fingerprint density at radius 1 is 1.25 bits per heavy atom. The highest BCUT2D eigenvalue weighted by atomic mass is 19.2. The van der Waals surface area contributed by atoms with E-state index in [-0.39, 0.29) is 11.7 Å². The zero-order valence-corrected chi connectivity index (χ0v) is 11.7. The van der Waals surface area contributed by atoms with Crippen LogP contribution in [0.5, 0.6) is 5.75 Å². The van der Waals surface area contributed by atoms with Gasteiger partial charge >= 0.3 is 0 Å².